The van der Waals surface area contributed by atoms with E-state index in [0.29, 0.717) is 17.4 Å². The van der Waals surface area contributed by atoms with Crippen LogP contribution in [0.2, 0.25) is 0 Å². The SMILES string of the molecule is COc1c(C)ncnc1Nc1cc(C)[nH]n1. The monoisotopic (exact) mass is 219 g/mol. The van der Waals surface area contributed by atoms with Gasteiger partial charge in [0.1, 0.15) is 6.33 Å². The van der Waals surface area contributed by atoms with Crippen LogP contribution >= 0.6 is 0 Å². The molecule has 2 aromatic heterocycles. The fourth-order valence-electron chi connectivity index (χ4n) is 1.40. The maximum absolute atomic E-state index is 5.23. The normalized spacial score (nSPS) is 10.2. The molecule has 0 aliphatic heterocycles. The summed E-state index contributed by atoms with van der Waals surface area (Å²) < 4.78 is 5.23. The van der Waals surface area contributed by atoms with Crippen LogP contribution < -0.4 is 10.1 Å². The van der Waals surface area contributed by atoms with Crippen LogP contribution in [0.1, 0.15) is 11.4 Å². The molecular weight excluding hydrogens is 206 g/mol. The Balaban J connectivity index is 2.30. The summed E-state index contributed by atoms with van der Waals surface area (Å²) in [5.74, 6) is 1.94. The molecule has 2 heterocycles. The molecule has 0 aliphatic rings. The lowest BCUT2D eigenvalue weighted by molar-refractivity contribution is 0.409. The number of methoxy groups -OCH3 is 1. The van der Waals surface area contributed by atoms with Crippen molar-refractivity contribution in [3.8, 4) is 5.75 Å². The van der Waals surface area contributed by atoms with Crippen molar-refractivity contribution in [1.82, 2.24) is 20.2 Å². The topological polar surface area (TPSA) is 75.7 Å². The van der Waals surface area contributed by atoms with E-state index in [1.54, 1.807) is 7.11 Å². The van der Waals surface area contributed by atoms with Gasteiger partial charge in [0.05, 0.1) is 12.8 Å². The van der Waals surface area contributed by atoms with Gasteiger partial charge in [0.15, 0.2) is 17.4 Å². The standard InChI is InChI=1S/C10H13N5O/c1-6-4-8(15-14-6)13-10-9(16-3)7(2)11-5-12-10/h4-5H,1-3H3,(H2,11,12,13,14,15). The van der Waals surface area contributed by atoms with Crippen molar-refractivity contribution in [2.75, 3.05) is 12.4 Å². The molecule has 0 aliphatic carbocycles. The molecule has 0 unspecified atom stereocenters. The van der Waals surface area contributed by atoms with Crippen LogP contribution in [0.25, 0.3) is 0 Å². The first-order chi connectivity index (χ1) is 7.70. The number of aryl methyl sites for hydroxylation is 2. The van der Waals surface area contributed by atoms with Gasteiger partial charge in [-0.2, -0.15) is 5.10 Å². The summed E-state index contributed by atoms with van der Waals surface area (Å²) in [5, 5.41) is 9.97. The molecule has 0 spiro atoms. The highest BCUT2D eigenvalue weighted by molar-refractivity contribution is 5.60. The predicted molar refractivity (Wildman–Crippen MR) is 59.9 cm³/mol. The maximum atomic E-state index is 5.23. The summed E-state index contributed by atoms with van der Waals surface area (Å²) >= 11 is 0. The van der Waals surface area contributed by atoms with Gasteiger partial charge in [-0.15, -0.1) is 0 Å². The Kier molecular flexibility index (Phi) is 2.72. The number of nitrogens with one attached hydrogen (secondary N) is 2. The molecule has 0 bridgehead atoms. The molecule has 0 saturated carbocycles. The third-order valence-electron chi connectivity index (χ3n) is 2.14. The number of hydrogen-bond donors (Lipinski definition) is 2. The van der Waals surface area contributed by atoms with Gasteiger partial charge in [-0.05, 0) is 13.8 Å². The minimum absolute atomic E-state index is 0.613. The average Bonchev–Trinajstić information content (AvgIpc) is 2.64. The molecule has 84 valence electrons. The molecule has 16 heavy (non-hydrogen) atoms. The van der Waals surface area contributed by atoms with E-state index in [1.165, 1.54) is 6.33 Å². The number of ether oxygens (including phenoxy) is 1. The summed E-state index contributed by atoms with van der Waals surface area (Å²) in [6.07, 6.45) is 1.49. The zero-order valence-electron chi connectivity index (χ0n) is 9.40. The summed E-state index contributed by atoms with van der Waals surface area (Å²) in [5.41, 5.74) is 1.76. The molecule has 0 aromatic carbocycles. The van der Waals surface area contributed by atoms with Crippen molar-refractivity contribution in [3.05, 3.63) is 23.8 Å². The minimum atomic E-state index is 0.613. The van der Waals surface area contributed by atoms with Crippen LogP contribution in [-0.4, -0.2) is 27.3 Å². The molecule has 2 rings (SSSR count). The number of aromatic amines is 1. The number of hydrogen-bond acceptors (Lipinski definition) is 5. The molecule has 0 radical (unpaired) electrons. The maximum Gasteiger partial charge on any atom is 0.182 e. The van der Waals surface area contributed by atoms with Crippen molar-refractivity contribution in [2.45, 2.75) is 13.8 Å². The van der Waals surface area contributed by atoms with E-state index in [0.717, 1.165) is 11.4 Å². The van der Waals surface area contributed by atoms with Crippen molar-refractivity contribution < 1.29 is 4.74 Å². The molecular formula is C10H13N5O. The fourth-order valence-corrected chi connectivity index (χ4v) is 1.40. The Morgan fingerprint density at radius 2 is 2.12 bits per heavy atom. The van der Waals surface area contributed by atoms with Crippen LogP contribution in [0, 0.1) is 13.8 Å². The quantitative estimate of drug-likeness (QED) is 0.819. The Morgan fingerprint density at radius 3 is 2.75 bits per heavy atom. The Bertz CT molecular complexity index is 494. The molecule has 6 heteroatoms. The molecule has 0 saturated heterocycles. The third kappa shape index (κ3) is 1.95. The van der Waals surface area contributed by atoms with Crippen molar-refractivity contribution in [2.24, 2.45) is 0 Å². The summed E-state index contributed by atoms with van der Waals surface area (Å²) in [7, 11) is 1.59. The van der Waals surface area contributed by atoms with Gasteiger partial charge < -0.3 is 10.1 Å². The Labute approximate surface area is 93.1 Å². The highest BCUT2D eigenvalue weighted by atomic mass is 16.5. The van der Waals surface area contributed by atoms with Crippen LogP contribution in [-0.2, 0) is 0 Å². The van der Waals surface area contributed by atoms with Gasteiger partial charge in [-0.25, -0.2) is 9.97 Å². The number of H-pyrrole nitrogens is 1. The summed E-state index contributed by atoms with van der Waals surface area (Å²) in [6.45, 7) is 3.79. The van der Waals surface area contributed by atoms with Gasteiger partial charge in [0, 0.05) is 11.8 Å². The third-order valence-corrected chi connectivity index (χ3v) is 2.14. The second-order valence-electron chi connectivity index (χ2n) is 3.40. The number of anilines is 2. The first-order valence-electron chi connectivity index (χ1n) is 4.85. The number of nitrogens with zero attached hydrogens (tertiary/aromatic N) is 3. The van der Waals surface area contributed by atoms with E-state index in [4.69, 9.17) is 4.74 Å². The first-order valence-corrected chi connectivity index (χ1v) is 4.85. The average molecular weight is 219 g/mol. The lowest BCUT2D eigenvalue weighted by Crippen LogP contribution is -2.00. The smallest absolute Gasteiger partial charge is 0.182 e. The van der Waals surface area contributed by atoms with E-state index in [9.17, 15) is 0 Å². The molecule has 0 atom stereocenters. The summed E-state index contributed by atoms with van der Waals surface area (Å²) in [4.78, 5) is 8.17. The van der Waals surface area contributed by atoms with Crippen molar-refractivity contribution in [1.29, 1.82) is 0 Å². The Hall–Kier alpha value is -2.11. The van der Waals surface area contributed by atoms with Crippen LogP contribution in [0.5, 0.6) is 5.75 Å². The molecule has 2 N–H and O–H groups in total. The van der Waals surface area contributed by atoms with Crippen LogP contribution in [0.3, 0.4) is 0 Å². The lowest BCUT2D eigenvalue weighted by atomic mass is 10.3. The molecule has 2 aromatic rings. The largest absolute Gasteiger partial charge is 0.491 e. The number of aromatic nitrogens is 4. The van der Waals surface area contributed by atoms with E-state index < -0.39 is 0 Å². The van der Waals surface area contributed by atoms with Crippen LogP contribution in [0.15, 0.2) is 12.4 Å². The Morgan fingerprint density at radius 1 is 1.31 bits per heavy atom. The molecule has 0 amide bonds. The van der Waals surface area contributed by atoms with Gasteiger partial charge in [-0.1, -0.05) is 0 Å². The van der Waals surface area contributed by atoms with Crippen LogP contribution in [0.4, 0.5) is 11.6 Å². The van der Waals surface area contributed by atoms with Gasteiger partial charge >= 0.3 is 0 Å². The summed E-state index contributed by atoms with van der Waals surface area (Å²) in [6, 6.07) is 1.89. The van der Waals surface area contributed by atoms with Gasteiger partial charge in [0.25, 0.3) is 0 Å². The molecule has 6 nitrogen and oxygen atoms in total. The zero-order valence-corrected chi connectivity index (χ0v) is 9.40. The second kappa shape index (κ2) is 4.18. The molecule has 0 fully saturated rings. The predicted octanol–water partition coefficient (Wildman–Crippen LogP) is 1.57. The lowest BCUT2D eigenvalue weighted by Gasteiger charge is -2.09. The van der Waals surface area contributed by atoms with E-state index in [2.05, 4.69) is 25.5 Å². The van der Waals surface area contributed by atoms with E-state index >= 15 is 0 Å². The van der Waals surface area contributed by atoms with E-state index in [1.807, 2.05) is 19.9 Å². The first kappa shape index (κ1) is 10.4. The van der Waals surface area contributed by atoms with E-state index in [-0.39, 0.29) is 0 Å². The fraction of sp³-hybridized carbons (Fsp3) is 0.300. The minimum Gasteiger partial charge on any atom is -0.491 e. The van der Waals surface area contributed by atoms with Gasteiger partial charge in [-0.3, -0.25) is 5.10 Å². The number of rotatable bonds is 3. The second-order valence-corrected chi connectivity index (χ2v) is 3.40. The highest BCUT2D eigenvalue weighted by Crippen LogP contribution is 2.26. The van der Waals surface area contributed by atoms with Gasteiger partial charge in [0.2, 0.25) is 0 Å². The highest BCUT2D eigenvalue weighted by Gasteiger charge is 2.09. The van der Waals surface area contributed by atoms with Crippen molar-refractivity contribution >= 4 is 11.6 Å². The van der Waals surface area contributed by atoms with Crippen molar-refractivity contribution in [3.63, 3.8) is 0 Å². The zero-order chi connectivity index (χ0) is 11.5.